The number of aliphatic hydroxyl groups is 2. The molecule has 9 nitrogen and oxygen atoms in total. The Morgan fingerprint density at radius 3 is 2.54 bits per heavy atom. The number of phenols is 2. The van der Waals surface area contributed by atoms with Gasteiger partial charge in [-0.1, -0.05) is 6.07 Å². The molecule has 0 radical (unpaired) electrons. The van der Waals surface area contributed by atoms with Crippen molar-refractivity contribution in [1.29, 1.82) is 0 Å². The van der Waals surface area contributed by atoms with Gasteiger partial charge in [-0.3, -0.25) is 0 Å². The zero-order valence-electron chi connectivity index (χ0n) is 15.4. The third kappa shape index (κ3) is 3.96. The van der Waals surface area contributed by atoms with Crippen LogP contribution in [0, 0.1) is 0 Å². The number of cyclic esters (lactones) is 1. The Kier molecular flexibility index (Phi) is 5.09. The fraction of sp³-hybridized carbons (Fsp3) is 0.474. The Hall–Kier alpha value is -2.62. The minimum atomic E-state index is -1.50. The molecule has 1 aromatic rings. The monoisotopic (exact) mass is 394 g/mol. The van der Waals surface area contributed by atoms with Gasteiger partial charge in [-0.15, -0.1) is 0 Å². The van der Waals surface area contributed by atoms with Crippen molar-refractivity contribution in [2.24, 2.45) is 0 Å². The van der Waals surface area contributed by atoms with E-state index in [1.807, 2.05) is 0 Å². The van der Waals surface area contributed by atoms with Crippen LogP contribution in [0.15, 0.2) is 24.3 Å². The van der Waals surface area contributed by atoms with E-state index >= 15 is 0 Å². The van der Waals surface area contributed by atoms with Gasteiger partial charge in [0.25, 0.3) is 0 Å². The highest BCUT2D eigenvalue weighted by molar-refractivity contribution is 5.87. The predicted octanol–water partition coefficient (Wildman–Crippen LogP) is 0.587. The maximum Gasteiger partial charge on any atom is 0.341 e. The van der Waals surface area contributed by atoms with Crippen LogP contribution in [0.5, 0.6) is 11.5 Å². The quantitative estimate of drug-likeness (QED) is 0.329. The molecule has 3 rings (SSSR count). The zero-order valence-corrected chi connectivity index (χ0v) is 15.4. The van der Waals surface area contributed by atoms with Crippen LogP contribution in [-0.2, 0) is 23.8 Å². The number of hydrogen-bond acceptors (Lipinski definition) is 9. The maximum atomic E-state index is 12.3. The van der Waals surface area contributed by atoms with Crippen molar-refractivity contribution in [3.05, 3.63) is 29.8 Å². The predicted molar refractivity (Wildman–Crippen MR) is 93.9 cm³/mol. The summed E-state index contributed by atoms with van der Waals surface area (Å²) in [6, 6.07) is 3.98. The molecule has 1 heterocycles. The van der Waals surface area contributed by atoms with Crippen LogP contribution >= 0.6 is 0 Å². The normalized spacial score (nSPS) is 31.9. The van der Waals surface area contributed by atoms with Crippen LogP contribution in [-0.4, -0.2) is 62.1 Å². The Morgan fingerprint density at radius 2 is 1.93 bits per heavy atom. The molecule has 1 spiro atoms. The molecule has 0 aromatic heterocycles. The highest BCUT2D eigenvalue weighted by atomic mass is 16.8. The lowest BCUT2D eigenvalue weighted by Crippen LogP contribution is -2.56. The molecule has 152 valence electrons. The number of rotatable bonds is 3. The summed E-state index contributed by atoms with van der Waals surface area (Å²) >= 11 is 0. The molecule has 1 saturated carbocycles. The SMILES string of the molecule is CC1(C)OC(=O)[C@]2(C[C@@H](O)[C@H](O)[C@H](OC(=O)/C=C/c3ccc(O)c(O)c3)C2)O1. The summed E-state index contributed by atoms with van der Waals surface area (Å²) in [7, 11) is 0. The van der Waals surface area contributed by atoms with Crippen molar-refractivity contribution in [3.8, 4) is 11.5 Å². The zero-order chi connectivity index (χ0) is 20.7. The van der Waals surface area contributed by atoms with Crippen LogP contribution in [0.2, 0.25) is 0 Å². The highest BCUT2D eigenvalue weighted by Gasteiger charge is 2.60. The molecule has 0 amide bonds. The van der Waals surface area contributed by atoms with E-state index in [2.05, 4.69) is 0 Å². The van der Waals surface area contributed by atoms with Crippen LogP contribution in [0.1, 0.15) is 32.3 Å². The second-order valence-electron chi connectivity index (χ2n) is 7.41. The highest BCUT2D eigenvalue weighted by Crippen LogP contribution is 2.43. The van der Waals surface area contributed by atoms with Crippen LogP contribution in [0.25, 0.3) is 6.08 Å². The number of carbonyl (C=O) groups is 2. The van der Waals surface area contributed by atoms with Crippen molar-refractivity contribution >= 4 is 18.0 Å². The average Bonchev–Trinajstić information content (AvgIpc) is 2.81. The van der Waals surface area contributed by atoms with E-state index in [1.165, 1.54) is 24.3 Å². The number of benzene rings is 1. The third-order valence-electron chi connectivity index (χ3n) is 4.68. The summed E-state index contributed by atoms with van der Waals surface area (Å²) < 4.78 is 16.0. The minimum Gasteiger partial charge on any atom is -0.504 e. The number of ether oxygens (including phenoxy) is 3. The Labute approximate surface area is 160 Å². The van der Waals surface area contributed by atoms with Crippen LogP contribution in [0.4, 0.5) is 0 Å². The number of phenolic OH excluding ortho intramolecular Hbond substituents is 2. The van der Waals surface area contributed by atoms with E-state index in [0.717, 1.165) is 6.08 Å². The Bertz CT molecular complexity index is 816. The van der Waals surface area contributed by atoms with Gasteiger partial charge in [0, 0.05) is 32.8 Å². The van der Waals surface area contributed by atoms with Crippen molar-refractivity contribution in [3.63, 3.8) is 0 Å². The molecule has 9 heteroatoms. The second-order valence-corrected chi connectivity index (χ2v) is 7.41. The van der Waals surface area contributed by atoms with Gasteiger partial charge in [0.05, 0.1) is 6.10 Å². The largest absolute Gasteiger partial charge is 0.504 e. The molecular formula is C19H22O9. The molecule has 0 bridgehead atoms. The lowest BCUT2D eigenvalue weighted by atomic mass is 9.79. The first-order chi connectivity index (χ1) is 13.0. The third-order valence-corrected chi connectivity index (χ3v) is 4.68. The summed E-state index contributed by atoms with van der Waals surface area (Å²) in [5.41, 5.74) is -1.07. The Morgan fingerprint density at radius 1 is 1.21 bits per heavy atom. The van der Waals surface area contributed by atoms with E-state index < -0.39 is 41.6 Å². The van der Waals surface area contributed by atoms with Crippen molar-refractivity contribution in [2.75, 3.05) is 0 Å². The molecule has 2 aliphatic rings. The number of esters is 2. The van der Waals surface area contributed by atoms with Gasteiger partial charge in [-0.25, -0.2) is 9.59 Å². The fourth-order valence-electron chi connectivity index (χ4n) is 3.44. The summed E-state index contributed by atoms with van der Waals surface area (Å²) in [6.07, 6.45) is -1.85. The van der Waals surface area contributed by atoms with Crippen molar-refractivity contribution in [2.45, 2.75) is 56.4 Å². The number of hydrogen-bond donors (Lipinski definition) is 4. The minimum absolute atomic E-state index is 0.160. The average molecular weight is 394 g/mol. The van der Waals surface area contributed by atoms with Crippen molar-refractivity contribution < 1.29 is 44.2 Å². The molecule has 1 aromatic carbocycles. The molecular weight excluding hydrogens is 372 g/mol. The van der Waals surface area contributed by atoms with Gasteiger partial charge in [0.1, 0.15) is 12.2 Å². The van der Waals surface area contributed by atoms with Gasteiger partial charge in [-0.2, -0.15) is 0 Å². The van der Waals surface area contributed by atoms with E-state index in [4.69, 9.17) is 14.2 Å². The van der Waals surface area contributed by atoms with Crippen molar-refractivity contribution in [1.82, 2.24) is 0 Å². The molecule has 1 aliphatic carbocycles. The first-order valence-corrected chi connectivity index (χ1v) is 8.72. The molecule has 2 fully saturated rings. The van der Waals surface area contributed by atoms with Crippen LogP contribution in [0.3, 0.4) is 0 Å². The molecule has 1 saturated heterocycles. The lowest BCUT2D eigenvalue weighted by Gasteiger charge is -2.39. The number of aromatic hydroxyl groups is 2. The standard InChI is InChI=1S/C19H22O9/c1-18(2)27-17(25)19(28-18)8-13(22)16(24)14(9-19)26-15(23)6-4-10-3-5-11(20)12(21)7-10/h3-7,13-14,16,20-22,24H,8-9H2,1-2H3/b6-4+/t13-,14-,16+,19-/m1/s1. The van der Waals surface area contributed by atoms with Gasteiger partial charge in [0.15, 0.2) is 17.1 Å². The topological polar surface area (TPSA) is 143 Å². The number of carbonyl (C=O) groups excluding carboxylic acids is 2. The molecule has 4 atom stereocenters. The van der Waals surface area contributed by atoms with Gasteiger partial charge < -0.3 is 34.6 Å². The first kappa shape index (κ1) is 20.1. The van der Waals surface area contributed by atoms with E-state index in [0.29, 0.717) is 5.56 Å². The Balaban J connectivity index is 1.71. The molecule has 1 aliphatic heterocycles. The maximum absolute atomic E-state index is 12.3. The van der Waals surface area contributed by atoms with Crippen LogP contribution < -0.4 is 0 Å². The van der Waals surface area contributed by atoms with Gasteiger partial charge >= 0.3 is 11.9 Å². The smallest absolute Gasteiger partial charge is 0.341 e. The summed E-state index contributed by atoms with van der Waals surface area (Å²) in [5.74, 6) is -3.33. The summed E-state index contributed by atoms with van der Waals surface area (Å²) in [6.45, 7) is 3.10. The number of aliphatic hydroxyl groups excluding tert-OH is 2. The molecule has 4 N–H and O–H groups in total. The molecule has 28 heavy (non-hydrogen) atoms. The molecule has 0 unspecified atom stereocenters. The summed E-state index contributed by atoms with van der Waals surface area (Å²) in [4.78, 5) is 24.4. The second kappa shape index (κ2) is 7.08. The van der Waals surface area contributed by atoms with Gasteiger partial charge in [0.2, 0.25) is 5.79 Å². The van der Waals surface area contributed by atoms with E-state index in [1.54, 1.807) is 13.8 Å². The summed E-state index contributed by atoms with van der Waals surface area (Å²) in [5, 5.41) is 39.1. The lowest BCUT2D eigenvalue weighted by molar-refractivity contribution is -0.209. The van der Waals surface area contributed by atoms with E-state index in [9.17, 15) is 30.0 Å². The van der Waals surface area contributed by atoms with Gasteiger partial charge in [-0.05, 0) is 23.8 Å². The fourth-order valence-corrected chi connectivity index (χ4v) is 3.44. The van der Waals surface area contributed by atoms with E-state index in [-0.39, 0.29) is 24.3 Å². The first-order valence-electron chi connectivity index (χ1n) is 8.72.